The van der Waals surface area contributed by atoms with Crippen LogP contribution in [0.4, 0.5) is 15.3 Å². The van der Waals surface area contributed by atoms with Crippen molar-refractivity contribution in [2.45, 2.75) is 18.9 Å². The molecule has 0 aromatic carbocycles. The summed E-state index contributed by atoms with van der Waals surface area (Å²) in [6.07, 6.45) is 3.16. The van der Waals surface area contributed by atoms with Crippen molar-refractivity contribution in [2.24, 2.45) is 0 Å². The molecule has 4 amide bonds. The Morgan fingerprint density at radius 2 is 2.00 bits per heavy atom. The summed E-state index contributed by atoms with van der Waals surface area (Å²) in [5.74, 6) is 0.520. The van der Waals surface area contributed by atoms with Gasteiger partial charge in [0, 0.05) is 53.1 Å². The molecule has 1 aromatic rings. The molecule has 2 rings (SSSR count). The third-order valence-corrected chi connectivity index (χ3v) is 3.62. The van der Waals surface area contributed by atoms with Gasteiger partial charge in [-0.25, -0.2) is 14.6 Å². The number of nitrogens with one attached hydrogen (secondary N) is 2. The fraction of sp³-hybridized carbons (Fsp3) is 0.533. The third kappa shape index (κ3) is 4.73. The topological polar surface area (TPSA) is 86.8 Å². The molecular formula is C15H23N5O3. The first-order valence-electron chi connectivity index (χ1n) is 7.57. The van der Waals surface area contributed by atoms with E-state index in [0.717, 1.165) is 12.8 Å². The molecule has 8 nitrogen and oxygen atoms in total. The molecule has 0 aliphatic carbocycles. The minimum absolute atomic E-state index is 0.0469. The highest BCUT2D eigenvalue weighted by atomic mass is 16.5. The molecule has 1 aliphatic heterocycles. The molecule has 0 atom stereocenters. The number of urea groups is 2. The number of aromatic nitrogens is 1. The molecule has 1 aliphatic rings. The smallest absolute Gasteiger partial charge is 0.321 e. The van der Waals surface area contributed by atoms with Crippen LogP contribution in [0.15, 0.2) is 18.3 Å². The number of piperidine rings is 1. The highest BCUT2D eigenvalue weighted by Crippen LogP contribution is 2.18. The van der Waals surface area contributed by atoms with Gasteiger partial charge in [0.25, 0.3) is 0 Å². The zero-order valence-electron chi connectivity index (χ0n) is 13.7. The van der Waals surface area contributed by atoms with Crippen molar-refractivity contribution in [3.8, 4) is 5.88 Å². The van der Waals surface area contributed by atoms with Gasteiger partial charge < -0.3 is 25.2 Å². The molecule has 2 heterocycles. The van der Waals surface area contributed by atoms with Crippen molar-refractivity contribution < 1.29 is 14.3 Å². The maximum Gasteiger partial charge on any atom is 0.321 e. The lowest BCUT2D eigenvalue weighted by Crippen LogP contribution is -2.45. The number of pyridine rings is 1. The highest BCUT2D eigenvalue weighted by Gasteiger charge is 2.23. The number of likely N-dealkylation sites (tertiary alicyclic amines) is 1. The second kappa shape index (κ2) is 7.66. The largest absolute Gasteiger partial charge is 0.474 e. The van der Waals surface area contributed by atoms with E-state index in [2.05, 4.69) is 15.6 Å². The van der Waals surface area contributed by atoms with Crippen LogP contribution < -0.4 is 15.4 Å². The summed E-state index contributed by atoms with van der Waals surface area (Å²) >= 11 is 0. The standard InChI is InChI=1S/C15H23N5O3/c1-16-14(21)20-8-6-12(7-9-20)23-13-5-4-11(10-17-13)18-15(22)19(2)3/h4-5,10,12H,6-9H2,1-3H3,(H,16,21)(H,18,22). The lowest BCUT2D eigenvalue weighted by atomic mass is 10.1. The van der Waals surface area contributed by atoms with Crippen molar-refractivity contribution in [2.75, 3.05) is 39.5 Å². The number of anilines is 1. The molecule has 1 fully saturated rings. The van der Waals surface area contributed by atoms with Gasteiger partial charge in [-0.05, 0) is 6.07 Å². The summed E-state index contributed by atoms with van der Waals surface area (Å²) in [5.41, 5.74) is 0.616. The average molecular weight is 321 g/mol. The Balaban J connectivity index is 1.83. The van der Waals surface area contributed by atoms with Gasteiger partial charge in [-0.3, -0.25) is 0 Å². The zero-order chi connectivity index (χ0) is 16.8. The first-order chi connectivity index (χ1) is 11.0. The quantitative estimate of drug-likeness (QED) is 0.880. The van der Waals surface area contributed by atoms with E-state index in [-0.39, 0.29) is 18.2 Å². The Kier molecular flexibility index (Phi) is 5.61. The lowest BCUT2D eigenvalue weighted by Gasteiger charge is -2.31. The van der Waals surface area contributed by atoms with Gasteiger partial charge in [0.15, 0.2) is 0 Å². The first-order valence-corrected chi connectivity index (χ1v) is 7.57. The molecule has 2 N–H and O–H groups in total. The van der Waals surface area contributed by atoms with Crippen LogP contribution in [0.25, 0.3) is 0 Å². The minimum Gasteiger partial charge on any atom is -0.474 e. The number of ether oxygens (including phenoxy) is 1. The van der Waals surface area contributed by atoms with E-state index in [1.165, 1.54) is 4.90 Å². The molecule has 0 saturated carbocycles. The number of carbonyl (C=O) groups is 2. The maximum atomic E-state index is 11.5. The summed E-state index contributed by atoms with van der Waals surface area (Å²) in [7, 11) is 4.97. The second-order valence-corrected chi connectivity index (χ2v) is 5.57. The van der Waals surface area contributed by atoms with E-state index in [4.69, 9.17) is 4.74 Å². The second-order valence-electron chi connectivity index (χ2n) is 5.57. The number of nitrogens with zero attached hydrogens (tertiary/aromatic N) is 3. The molecule has 23 heavy (non-hydrogen) atoms. The van der Waals surface area contributed by atoms with Crippen molar-refractivity contribution >= 4 is 17.7 Å². The van der Waals surface area contributed by atoms with E-state index in [0.29, 0.717) is 24.7 Å². The number of rotatable bonds is 3. The average Bonchev–Trinajstić information content (AvgIpc) is 2.56. The Hall–Kier alpha value is -2.51. The van der Waals surface area contributed by atoms with E-state index in [9.17, 15) is 9.59 Å². The molecule has 0 unspecified atom stereocenters. The van der Waals surface area contributed by atoms with E-state index < -0.39 is 0 Å². The molecule has 126 valence electrons. The molecule has 0 spiro atoms. The van der Waals surface area contributed by atoms with Crippen LogP contribution in [0.5, 0.6) is 5.88 Å². The summed E-state index contributed by atoms with van der Waals surface area (Å²) in [5, 5.41) is 5.34. The predicted molar refractivity (Wildman–Crippen MR) is 86.6 cm³/mol. The monoisotopic (exact) mass is 321 g/mol. The van der Waals surface area contributed by atoms with Gasteiger partial charge in [0.1, 0.15) is 6.10 Å². The Labute approximate surface area is 135 Å². The van der Waals surface area contributed by atoms with E-state index in [1.807, 2.05) is 0 Å². The Morgan fingerprint density at radius 1 is 1.30 bits per heavy atom. The first kappa shape index (κ1) is 16.9. The van der Waals surface area contributed by atoms with Crippen LogP contribution in [0.2, 0.25) is 0 Å². The van der Waals surface area contributed by atoms with Gasteiger partial charge in [0.05, 0.1) is 11.9 Å². The van der Waals surface area contributed by atoms with Crippen LogP contribution in [0, 0.1) is 0 Å². The lowest BCUT2D eigenvalue weighted by molar-refractivity contribution is 0.108. The molecule has 0 bridgehead atoms. The van der Waals surface area contributed by atoms with E-state index in [1.54, 1.807) is 44.4 Å². The van der Waals surface area contributed by atoms with Crippen molar-refractivity contribution in [1.82, 2.24) is 20.1 Å². The number of carbonyl (C=O) groups excluding carboxylic acids is 2. The summed E-state index contributed by atoms with van der Waals surface area (Å²) in [4.78, 5) is 30.5. The molecule has 8 heteroatoms. The molecule has 1 aromatic heterocycles. The van der Waals surface area contributed by atoms with Crippen molar-refractivity contribution in [3.05, 3.63) is 18.3 Å². The van der Waals surface area contributed by atoms with Crippen molar-refractivity contribution in [3.63, 3.8) is 0 Å². The van der Waals surface area contributed by atoms with Gasteiger partial charge in [-0.1, -0.05) is 0 Å². The van der Waals surface area contributed by atoms with Crippen LogP contribution >= 0.6 is 0 Å². The van der Waals surface area contributed by atoms with Gasteiger partial charge in [0.2, 0.25) is 5.88 Å². The molecular weight excluding hydrogens is 298 g/mol. The van der Waals surface area contributed by atoms with E-state index >= 15 is 0 Å². The van der Waals surface area contributed by atoms with Crippen molar-refractivity contribution in [1.29, 1.82) is 0 Å². The molecule has 0 radical (unpaired) electrons. The third-order valence-electron chi connectivity index (χ3n) is 3.62. The van der Waals surface area contributed by atoms with Gasteiger partial charge in [-0.2, -0.15) is 0 Å². The van der Waals surface area contributed by atoms with Crippen LogP contribution in [0.1, 0.15) is 12.8 Å². The SMILES string of the molecule is CNC(=O)N1CCC(Oc2ccc(NC(=O)N(C)C)cn2)CC1. The summed E-state index contributed by atoms with van der Waals surface area (Å²) < 4.78 is 5.83. The summed E-state index contributed by atoms with van der Waals surface area (Å²) in [6, 6.07) is 3.23. The number of amides is 4. The van der Waals surface area contributed by atoms with Gasteiger partial charge in [-0.15, -0.1) is 0 Å². The zero-order valence-corrected chi connectivity index (χ0v) is 13.7. The Morgan fingerprint density at radius 3 is 2.52 bits per heavy atom. The predicted octanol–water partition coefficient (Wildman–Crippen LogP) is 1.36. The van der Waals surface area contributed by atoms with Gasteiger partial charge >= 0.3 is 12.1 Å². The number of hydrogen-bond acceptors (Lipinski definition) is 4. The maximum absolute atomic E-state index is 11.5. The van der Waals surface area contributed by atoms with Crippen LogP contribution in [-0.4, -0.2) is 67.2 Å². The normalized spacial score (nSPS) is 15.0. The Bertz CT molecular complexity index is 539. The van der Waals surface area contributed by atoms with Crippen LogP contribution in [-0.2, 0) is 0 Å². The molecule has 1 saturated heterocycles. The highest BCUT2D eigenvalue weighted by molar-refractivity contribution is 5.88. The minimum atomic E-state index is -0.206. The van der Waals surface area contributed by atoms with Crippen LogP contribution in [0.3, 0.4) is 0 Å². The fourth-order valence-electron chi connectivity index (χ4n) is 2.26. The number of hydrogen-bond donors (Lipinski definition) is 2. The summed E-state index contributed by atoms with van der Waals surface area (Å²) in [6.45, 7) is 1.34. The fourth-order valence-corrected chi connectivity index (χ4v) is 2.26.